The molecule has 0 radical (unpaired) electrons. The number of para-hydroxylation sites is 1. The molecule has 1 unspecified atom stereocenters. The third-order valence-corrected chi connectivity index (χ3v) is 3.21. The van der Waals surface area contributed by atoms with E-state index < -0.39 is 0 Å². The Morgan fingerprint density at radius 3 is 2.74 bits per heavy atom. The molecule has 1 aliphatic rings. The van der Waals surface area contributed by atoms with Crippen molar-refractivity contribution in [2.45, 2.75) is 45.4 Å². The standard InChI is InChI=1S/C15H22N2O2/c1-10(2)17-13(18)9-16-14-11-7-5-6-8-12(11)19-15(14,3)4/h5-8,10,14,16H,9H2,1-4H3,(H,17,18). The molecule has 1 amide bonds. The smallest absolute Gasteiger partial charge is 0.234 e. The van der Waals surface area contributed by atoms with Gasteiger partial charge in [0, 0.05) is 11.6 Å². The Morgan fingerprint density at radius 1 is 1.37 bits per heavy atom. The lowest BCUT2D eigenvalue weighted by Crippen LogP contribution is -2.44. The fraction of sp³-hybridized carbons (Fsp3) is 0.533. The number of amides is 1. The van der Waals surface area contributed by atoms with E-state index in [4.69, 9.17) is 4.74 Å². The summed E-state index contributed by atoms with van der Waals surface area (Å²) in [5.74, 6) is 0.907. The molecule has 1 aromatic rings. The zero-order valence-corrected chi connectivity index (χ0v) is 12.0. The summed E-state index contributed by atoms with van der Waals surface area (Å²) >= 11 is 0. The summed E-state index contributed by atoms with van der Waals surface area (Å²) in [5, 5.41) is 6.17. The fourth-order valence-corrected chi connectivity index (χ4v) is 2.45. The van der Waals surface area contributed by atoms with Crippen LogP contribution in [-0.4, -0.2) is 24.1 Å². The molecular weight excluding hydrogens is 240 g/mol. The molecule has 0 saturated heterocycles. The molecule has 2 rings (SSSR count). The van der Waals surface area contributed by atoms with Crippen molar-refractivity contribution in [3.05, 3.63) is 29.8 Å². The highest BCUT2D eigenvalue weighted by atomic mass is 16.5. The number of carbonyl (C=O) groups excluding carboxylic acids is 1. The second-order valence-corrected chi connectivity index (χ2v) is 5.78. The molecule has 2 N–H and O–H groups in total. The van der Waals surface area contributed by atoms with Crippen LogP contribution in [0.5, 0.6) is 5.75 Å². The van der Waals surface area contributed by atoms with Crippen molar-refractivity contribution in [2.75, 3.05) is 6.54 Å². The first-order valence-electron chi connectivity index (χ1n) is 6.71. The Balaban J connectivity index is 2.05. The minimum atomic E-state index is -0.345. The molecule has 4 nitrogen and oxygen atoms in total. The number of hydrogen-bond acceptors (Lipinski definition) is 3. The van der Waals surface area contributed by atoms with E-state index in [2.05, 4.69) is 10.6 Å². The summed E-state index contributed by atoms with van der Waals surface area (Å²) in [5.41, 5.74) is 0.770. The minimum absolute atomic E-state index is 0.00943. The monoisotopic (exact) mass is 262 g/mol. The first-order chi connectivity index (χ1) is 8.90. The van der Waals surface area contributed by atoms with Gasteiger partial charge in [0.25, 0.3) is 0 Å². The number of rotatable bonds is 4. The van der Waals surface area contributed by atoms with Gasteiger partial charge in [-0.05, 0) is 33.8 Å². The Morgan fingerprint density at radius 2 is 2.05 bits per heavy atom. The molecule has 104 valence electrons. The van der Waals surface area contributed by atoms with Gasteiger partial charge in [0.1, 0.15) is 11.4 Å². The summed E-state index contributed by atoms with van der Waals surface area (Å²) in [4.78, 5) is 11.7. The van der Waals surface area contributed by atoms with E-state index >= 15 is 0 Å². The molecule has 1 atom stereocenters. The van der Waals surface area contributed by atoms with Crippen LogP contribution in [0.1, 0.15) is 39.3 Å². The van der Waals surface area contributed by atoms with Crippen molar-refractivity contribution in [3.8, 4) is 5.75 Å². The van der Waals surface area contributed by atoms with E-state index in [0.717, 1.165) is 11.3 Å². The molecule has 0 aliphatic carbocycles. The van der Waals surface area contributed by atoms with Crippen molar-refractivity contribution in [1.82, 2.24) is 10.6 Å². The van der Waals surface area contributed by atoms with Crippen LogP contribution in [0.25, 0.3) is 0 Å². The Kier molecular flexibility index (Phi) is 3.80. The average molecular weight is 262 g/mol. The van der Waals surface area contributed by atoms with E-state index in [-0.39, 0.29) is 23.6 Å². The van der Waals surface area contributed by atoms with E-state index in [1.54, 1.807) is 0 Å². The van der Waals surface area contributed by atoms with Crippen LogP contribution in [0.4, 0.5) is 0 Å². The van der Waals surface area contributed by atoms with Crippen LogP contribution in [0.3, 0.4) is 0 Å². The number of benzene rings is 1. The zero-order valence-electron chi connectivity index (χ0n) is 12.0. The van der Waals surface area contributed by atoms with Gasteiger partial charge in [-0.15, -0.1) is 0 Å². The molecule has 1 aromatic carbocycles. The third kappa shape index (κ3) is 3.07. The number of nitrogens with one attached hydrogen (secondary N) is 2. The lowest BCUT2D eigenvalue weighted by atomic mass is 9.94. The second kappa shape index (κ2) is 5.21. The normalized spacial score (nSPS) is 19.9. The quantitative estimate of drug-likeness (QED) is 0.872. The van der Waals surface area contributed by atoms with Gasteiger partial charge in [0.05, 0.1) is 12.6 Å². The Labute approximate surface area is 114 Å². The first-order valence-corrected chi connectivity index (χ1v) is 6.71. The molecule has 0 saturated carbocycles. The fourth-order valence-electron chi connectivity index (χ4n) is 2.45. The average Bonchev–Trinajstić information content (AvgIpc) is 2.55. The number of ether oxygens (including phenoxy) is 1. The van der Waals surface area contributed by atoms with Crippen LogP contribution < -0.4 is 15.4 Å². The second-order valence-electron chi connectivity index (χ2n) is 5.78. The van der Waals surface area contributed by atoms with Gasteiger partial charge >= 0.3 is 0 Å². The summed E-state index contributed by atoms with van der Waals surface area (Å²) in [6, 6.07) is 8.15. The van der Waals surface area contributed by atoms with Crippen LogP contribution in [0, 0.1) is 0 Å². The number of carbonyl (C=O) groups is 1. The minimum Gasteiger partial charge on any atom is -0.486 e. The van der Waals surface area contributed by atoms with Gasteiger partial charge in [-0.2, -0.15) is 0 Å². The van der Waals surface area contributed by atoms with Crippen molar-refractivity contribution < 1.29 is 9.53 Å². The van der Waals surface area contributed by atoms with E-state index in [1.165, 1.54) is 0 Å². The first kappa shape index (κ1) is 13.9. The predicted octanol–water partition coefficient (Wildman–Crippen LogP) is 2.01. The lowest BCUT2D eigenvalue weighted by molar-refractivity contribution is -0.121. The van der Waals surface area contributed by atoms with Crippen LogP contribution >= 0.6 is 0 Å². The van der Waals surface area contributed by atoms with Gasteiger partial charge in [-0.1, -0.05) is 18.2 Å². The highest BCUT2D eigenvalue weighted by Gasteiger charge is 2.40. The van der Waals surface area contributed by atoms with Gasteiger partial charge in [-0.25, -0.2) is 0 Å². The highest BCUT2D eigenvalue weighted by Crippen LogP contribution is 2.42. The highest BCUT2D eigenvalue weighted by molar-refractivity contribution is 5.78. The number of fused-ring (bicyclic) bond motifs is 1. The van der Waals surface area contributed by atoms with Gasteiger partial charge in [0.15, 0.2) is 0 Å². The summed E-state index contributed by atoms with van der Waals surface area (Å²) < 4.78 is 5.93. The molecule has 4 heteroatoms. The summed E-state index contributed by atoms with van der Waals surface area (Å²) in [6.45, 7) is 8.27. The molecule has 0 spiro atoms. The van der Waals surface area contributed by atoms with Crippen molar-refractivity contribution in [2.24, 2.45) is 0 Å². The van der Waals surface area contributed by atoms with Crippen LogP contribution in [0.2, 0.25) is 0 Å². The largest absolute Gasteiger partial charge is 0.486 e. The van der Waals surface area contributed by atoms with Gasteiger partial charge in [-0.3, -0.25) is 10.1 Å². The topological polar surface area (TPSA) is 50.4 Å². The van der Waals surface area contributed by atoms with Crippen molar-refractivity contribution in [1.29, 1.82) is 0 Å². The van der Waals surface area contributed by atoms with E-state index in [1.807, 2.05) is 52.0 Å². The van der Waals surface area contributed by atoms with Crippen LogP contribution in [0.15, 0.2) is 24.3 Å². The maximum absolute atomic E-state index is 11.7. The maximum atomic E-state index is 11.7. The van der Waals surface area contributed by atoms with E-state index in [9.17, 15) is 4.79 Å². The molecule has 19 heavy (non-hydrogen) atoms. The third-order valence-electron chi connectivity index (χ3n) is 3.21. The zero-order chi connectivity index (χ0) is 14.0. The summed E-state index contributed by atoms with van der Waals surface area (Å²) in [7, 11) is 0. The molecule has 1 heterocycles. The SMILES string of the molecule is CC(C)NC(=O)CNC1c2ccccc2OC1(C)C. The lowest BCUT2D eigenvalue weighted by Gasteiger charge is -2.27. The molecule has 0 bridgehead atoms. The molecule has 1 aliphatic heterocycles. The van der Waals surface area contributed by atoms with E-state index in [0.29, 0.717) is 6.54 Å². The molecular formula is C15H22N2O2. The summed E-state index contributed by atoms with van der Waals surface area (Å²) in [6.07, 6.45) is 0. The number of hydrogen-bond donors (Lipinski definition) is 2. The maximum Gasteiger partial charge on any atom is 0.234 e. The van der Waals surface area contributed by atoms with Crippen molar-refractivity contribution in [3.63, 3.8) is 0 Å². The van der Waals surface area contributed by atoms with Gasteiger partial charge in [0.2, 0.25) is 5.91 Å². The molecule has 0 aromatic heterocycles. The Hall–Kier alpha value is -1.55. The van der Waals surface area contributed by atoms with Crippen LogP contribution in [-0.2, 0) is 4.79 Å². The van der Waals surface area contributed by atoms with Gasteiger partial charge < -0.3 is 10.1 Å². The molecule has 0 fully saturated rings. The Bertz CT molecular complexity index is 469. The predicted molar refractivity (Wildman–Crippen MR) is 75.2 cm³/mol. The van der Waals surface area contributed by atoms with Crippen molar-refractivity contribution >= 4 is 5.91 Å².